The maximum Gasteiger partial charge on any atom is 0.255 e. The molecule has 2 aromatic rings. The molecule has 5 rings (SSSR count). The van der Waals surface area contributed by atoms with Gasteiger partial charge in [0.15, 0.2) is 0 Å². The zero-order chi connectivity index (χ0) is 20.1. The number of carbonyl (C=O) groups excluding carboxylic acids is 3. The Bertz CT molecular complexity index is 1020. The van der Waals surface area contributed by atoms with Gasteiger partial charge in [-0.3, -0.25) is 19.7 Å². The molecule has 2 saturated heterocycles. The molecule has 9 heteroatoms. The van der Waals surface area contributed by atoms with E-state index in [9.17, 15) is 14.4 Å². The molecule has 9 nitrogen and oxygen atoms in total. The summed E-state index contributed by atoms with van der Waals surface area (Å²) in [6, 6.07) is 5.02. The van der Waals surface area contributed by atoms with Crippen molar-refractivity contribution in [1.82, 2.24) is 30.1 Å². The first kappa shape index (κ1) is 18.0. The second-order valence-electron chi connectivity index (χ2n) is 8.08. The number of amides is 3. The zero-order valence-electron chi connectivity index (χ0n) is 16.2. The van der Waals surface area contributed by atoms with Crippen LogP contribution in [-0.4, -0.2) is 68.7 Å². The largest absolute Gasteiger partial charge is 0.322 e. The number of aromatic nitrogens is 3. The minimum absolute atomic E-state index is 0.186. The third-order valence-electron chi connectivity index (χ3n) is 6.10. The Kier molecular flexibility index (Phi) is 4.20. The number of piperidine rings is 1. The topological polar surface area (TPSA) is 100 Å². The second kappa shape index (κ2) is 6.77. The highest BCUT2D eigenvalue weighted by Crippen LogP contribution is 2.30. The molecule has 3 aliphatic rings. The predicted molar refractivity (Wildman–Crippen MR) is 102 cm³/mol. The van der Waals surface area contributed by atoms with Gasteiger partial charge in [-0.25, -0.2) is 4.68 Å². The number of fused-ring (bicyclic) bond motifs is 1. The summed E-state index contributed by atoms with van der Waals surface area (Å²) >= 11 is 0. The van der Waals surface area contributed by atoms with Crippen molar-refractivity contribution in [3.05, 3.63) is 41.2 Å². The van der Waals surface area contributed by atoms with E-state index in [1.54, 1.807) is 9.58 Å². The van der Waals surface area contributed by atoms with E-state index in [0.717, 1.165) is 36.5 Å². The van der Waals surface area contributed by atoms with Crippen molar-refractivity contribution in [2.45, 2.75) is 37.8 Å². The van der Waals surface area contributed by atoms with Crippen LogP contribution in [0.15, 0.2) is 24.4 Å². The Morgan fingerprint density at radius 2 is 2.03 bits per heavy atom. The molecule has 3 amide bonds. The van der Waals surface area contributed by atoms with Crippen molar-refractivity contribution in [1.29, 1.82) is 0 Å². The van der Waals surface area contributed by atoms with Crippen LogP contribution in [0.3, 0.4) is 0 Å². The van der Waals surface area contributed by atoms with Crippen molar-refractivity contribution in [2.75, 3.05) is 20.1 Å². The first-order chi connectivity index (χ1) is 14.0. The third kappa shape index (κ3) is 3.11. The molecule has 29 heavy (non-hydrogen) atoms. The lowest BCUT2D eigenvalue weighted by Crippen LogP contribution is -2.52. The summed E-state index contributed by atoms with van der Waals surface area (Å²) in [7, 11) is 2.10. The summed E-state index contributed by atoms with van der Waals surface area (Å²) in [6.45, 7) is 2.40. The quantitative estimate of drug-likeness (QED) is 0.759. The molecule has 150 valence electrons. The van der Waals surface area contributed by atoms with E-state index in [0.29, 0.717) is 24.4 Å². The molecule has 0 saturated carbocycles. The van der Waals surface area contributed by atoms with Crippen molar-refractivity contribution in [3.63, 3.8) is 0 Å². The van der Waals surface area contributed by atoms with Gasteiger partial charge < -0.3 is 9.80 Å². The smallest absolute Gasteiger partial charge is 0.255 e. The molecule has 2 unspecified atom stereocenters. The third-order valence-corrected chi connectivity index (χ3v) is 6.10. The highest BCUT2D eigenvalue weighted by Gasteiger charge is 2.39. The molecule has 1 aromatic carbocycles. The average molecular weight is 394 g/mol. The molecule has 2 atom stereocenters. The van der Waals surface area contributed by atoms with Gasteiger partial charge in [-0.05, 0) is 44.1 Å². The Labute approximate surface area is 167 Å². The lowest BCUT2D eigenvalue weighted by Gasteiger charge is -2.29. The van der Waals surface area contributed by atoms with Gasteiger partial charge in [0.25, 0.3) is 5.91 Å². The van der Waals surface area contributed by atoms with E-state index in [4.69, 9.17) is 0 Å². The summed E-state index contributed by atoms with van der Waals surface area (Å²) in [5, 5.41) is 10.9. The van der Waals surface area contributed by atoms with Gasteiger partial charge in [0, 0.05) is 31.0 Å². The van der Waals surface area contributed by atoms with Gasteiger partial charge in [0.1, 0.15) is 6.04 Å². The maximum absolute atomic E-state index is 13.0. The molecule has 0 bridgehead atoms. The number of imide groups is 1. The van der Waals surface area contributed by atoms with E-state index in [-0.39, 0.29) is 18.2 Å². The summed E-state index contributed by atoms with van der Waals surface area (Å²) in [5.41, 5.74) is 3.18. The van der Waals surface area contributed by atoms with Crippen LogP contribution in [0.5, 0.6) is 0 Å². The van der Waals surface area contributed by atoms with Crippen LogP contribution in [0.4, 0.5) is 0 Å². The SMILES string of the molecule is CN1CCC(c2cn(-c3ccc4c(c3)C(=O)N(C3CCC(=O)NC3=O)C4)nn2)C1. The van der Waals surface area contributed by atoms with Gasteiger partial charge in [0.05, 0.1) is 17.6 Å². The predicted octanol–water partition coefficient (Wildman–Crippen LogP) is 0.447. The molecular formula is C20H22N6O3. The zero-order valence-corrected chi connectivity index (χ0v) is 16.2. The van der Waals surface area contributed by atoms with Crippen molar-refractivity contribution < 1.29 is 14.4 Å². The summed E-state index contributed by atoms with van der Waals surface area (Å²) < 4.78 is 1.70. The Hall–Kier alpha value is -3.07. The molecule has 3 aliphatic heterocycles. The first-order valence-corrected chi connectivity index (χ1v) is 9.88. The molecule has 0 spiro atoms. The summed E-state index contributed by atoms with van der Waals surface area (Å²) in [5.74, 6) is -0.486. The number of carbonyl (C=O) groups is 3. The second-order valence-corrected chi connectivity index (χ2v) is 8.08. The van der Waals surface area contributed by atoms with Gasteiger partial charge >= 0.3 is 0 Å². The molecule has 0 radical (unpaired) electrons. The molecular weight excluding hydrogens is 372 g/mol. The van der Waals surface area contributed by atoms with Crippen LogP contribution in [0, 0.1) is 0 Å². The fraction of sp³-hybridized carbons (Fsp3) is 0.450. The monoisotopic (exact) mass is 394 g/mol. The fourth-order valence-electron chi connectivity index (χ4n) is 4.45. The number of likely N-dealkylation sites (N-methyl/N-ethyl adjacent to an activating group) is 1. The first-order valence-electron chi connectivity index (χ1n) is 9.88. The lowest BCUT2D eigenvalue weighted by atomic mass is 10.0. The highest BCUT2D eigenvalue weighted by molar-refractivity contribution is 6.05. The van der Waals surface area contributed by atoms with Crippen LogP contribution in [0.2, 0.25) is 0 Å². The van der Waals surface area contributed by atoms with Crippen LogP contribution < -0.4 is 5.32 Å². The number of nitrogens with zero attached hydrogens (tertiary/aromatic N) is 5. The Morgan fingerprint density at radius 3 is 2.79 bits per heavy atom. The standard InChI is InChI=1S/C20H22N6O3/c1-24-7-6-13(9-24)16-11-26(23-22-16)14-3-2-12-10-25(20(29)15(12)8-14)17-4-5-18(27)21-19(17)28/h2-3,8,11,13,17H,4-7,9-10H2,1H3,(H,21,27,28). The van der Waals surface area contributed by atoms with Gasteiger partial charge in [0.2, 0.25) is 11.8 Å². The van der Waals surface area contributed by atoms with Crippen LogP contribution in [-0.2, 0) is 16.1 Å². The van der Waals surface area contributed by atoms with Crippen molar-refractivity contribution >= 4 is 17.7 Å². The number of rotatable bonds is 3. The molecule has 1 N–H and O–H groups in total. The number of hydrogen-bond acceptors (Lipinski definition) is 6. The molecule has 2 fully saturated rings. The van der Waals surface area contributed by atoms with Gasteiger partial charge in [-0.15, -0.1) is 5.10 Å². The normalized spacial score (nSPS) is 24.9. The minimum Gasteiger partial charge on any atom is -0.322 e. The lowest BCUT2D eigenvalue weighted by molar-refractivity contribution is -0.136. The van der Waals surface area contributed by atoms with E-state index >= 15 is 0 Å². The van der Waals surface area contributed by atoms with Gasteiger partial charge in [-0.1, -0.05) is 11.3 Å². The Balaban J connectivity index is 1.37. The van der Waals surface area contributed by atoms with Crippen LogP contribution in [0.25, 0.3) is 5.69 Å². The number of nitrogens with one attached hydrogen (secondary N) is 1. The van der Waals surface area contributed by atoms with Crippen LogP contribution in [0.1, 0.15) is 46.8 Å². The number of likely N-dealkylation sites (tertiary alicyclic amines) is 1. The molecule has 1 aromatic heterocycles. The van der Waals surface area contributed by atoms with E-state index < -0.39 is 11.9 Å². The highest BCUT2D eigenvalue weighted by atomic mass is 16.2. The maximum atomic E-state index is 13.0. The minimum atomic E-state index is -0.603. The molecule has 4 heterocycles. The van der Waals surface area contributed by atoms with Crippen LogP contribution >= 0.6 is 0 Å². The summed E-state index contributed by atoms with van der Waals surface area (Å²) in [6.07, 6.45) is 3.61. The van der Waals surface area contributed by atoms with E-state index in [1.165, 1.54) is 0 Å². The van der Waals surface area contributed by atoms with Gasteiger partial charge in [-0.2, -0.15) is 0 Å². The number of hydrogen-bond donors (Lipinski definition) is 1. The summed E-state index contributed by atoms with van der Waals surface area (Å²) in [4.78, 5) is 40.4. The molecule has 0 aliphatic carbocycles. The van der Waals surface area contributed by atoms with Crippen molar-refractivity contribution in [3.8, 4) is 5.69 Å². The van der Waals surface area contributed by atoms with E-state index in [2.05, 4.69) is 27.6 Å². The van der Waals surface area contributed by atoms with Crippen molar-refractivity contribution in [2.24, 2.45) is 0 Å². The van der Waals surface area contributed by atoms with E-state index in [1.807, 2.05) is 24.4 Å². The average Bonchev–Trinajstić information content (AvgIpc) is 3.41. The Morgan fingerprint density at radius 1 is 1.17 bits per heavy atom. The fourth-order valence-corrected chi connectivity index (χ4v) is 4.45. The number of benzene rings is 1.